The van der Waals surface area contributed by atoms with E-state index in [1.54, 1.807) is 37.2 Å². The number of rotatable bonds is 6. The molecule has 1 aromatic heterocycles. The van der Waals surface area contributed by atoms with Crippen LogP contribution in [-0.2, 0) is 0 Å². The van der Waals surface area contributed by atoms with Crippen LogP contribution in [0.25, 0.3) is 16.8 Å². The molecule has 9 nitrogen and oxygen atoms in total. The van der Waals surface area contributed by atoms with Crippen molar-refractivity contribution in [1.82, 2.24) is 10.2 Å². The molecule has 1 saturated heterocycles. The number of nitrogens with two attached hydrogens (primary N) is 2. The van der Waals surface area contributed by atoms with Crippen molar-refractivity contribution in [3.8, 4) is 17.2 Å². The van der Waals surface area contributed by atoms with E-state index in [1.165, 1.54) is 6.34 Å². The van der Waals surface area contributed by atoms with Crippen molar-refractivity contribution in [2.75, 3.05) is 32.1 Å². The Morgan fingerprint density at radius 2 is 2.06 bits per heavy atom. The molecule has 0 radical (unpaired) electrons. The minimum atomic E-state index is 0.181. The second-order valence-electron chi connectivity index (χ2n) is 8.04. The Balaban J connectivity index is 2.11. The van der Waals surface area contributed by atoms with Gasteiger partial charge in [0.05, 0.1) is 30.2 Å². The second kappa shape index (κ2) is 10.5. The number of aliphatic imine (C=N–C) groups is 1. The van der Waals surface area contributed by atoms with Crippen LogP contribution in [0, 0.1) is 29.6 Å². The molecule has 0 saturated carbocycles. The summed E-state index contributed by atoms with van der Waals surface area (Å²) < 4.78 is 1.65. The average Bonchev–Trinajstić information content (AvgIpc) is 2.85. The van der Waals surface area contributed by atoms with E-state index >= 15 is 0 Å². The summed E-state index contributed by atoms with van der Waals surface area (Å²) in [6.07, 6.45) is 7.90. The number of nitrogens with one attached hydrogen (secondary N) is 1. The third kappa shape index (κ3) is 5.06. The molecule has 1 aromatic carbocycles. The summed E-state index contributed by atoms with van der Waals surface area (Å²) in [5, 5.41) is 25.8. The molecule has 1 fully saturated rings. The maximum atomic E-state index is 10.2. The van der Waals surface area contributed by atoms with Crippen LogP contribution in [0.5, 0.6) is 0 Å². The lowest BCUT2D eigenvalue weighted by Gasteiger charge is -2.35. The zero-order valence-electron chi connectivity index (χ0n) is 19.3. The third-order valence-corrected chi connectivity index (χ3v) is 5.92. The molecule has 2 heterocycles. The number of hydrogen-bond donors (Lipinski definition) is 3. The fraction of sp³-hybridized carbons (Fsp3) is 0.333. The Hall–Kier alpha value is -4.06. The molecule has 170 valence electrons. The Bertz CT molecular complexity index is 1160. The van der Waals surface area contributed by atoms with Crippen LogP contribution < -0.4 is 16.4 Å². The summed E-state index contributed by atoms with van der Waals surface area (Å²) in [7, 11) is 3.46. The topological polar surface area (TPSA) is 144 Å². The molecule has 0 bridgehead atoms. The number of amidine groups is 1. The van der Waals surface area contributed by atoms with Gasteiger partial charge in [0, 0.05) is 54.7 Å². The van der Waals surface area contributed by atoms with Crippen LogP contribution >= 0.6 is 0 Å². The number of allylic oxidation sites excluding steroid dienone is 1. The van der Waals surface area contributed by atoms with Gasteiger partial charge in [-0.05, 0) is 31.9 Å². The Kier molecular flexibility index (Phi) is 7.51. The quantitative estimate of drug-likeness (QED) is 0.354. The average molecular weight is 445 g/mol. The molecule has 33 heavy (non-hydrogen) atoms. The molecule has 0 aliphatic carbocycles. The maximum absolute atomic E-state index is 10.2. The summed E-state index contributed by atoms with van der Waals surface area (Å²) in [4.78, 5) is 6.19. The van der Waals surface area contributed by atoms with Gasteiger partial charge in [0.1, 0.15) is 6.07 Å². The van der Waals surface area contributed by atoms with Gasteiger partial charge in [0.2, 0.25) is 6.34 Å². The van der Waals surface area contributed by atoms with Gasteiger partial charge in [0.15, 0.2) is 5.84 Å². The van der Waals surface area contributed by atoms with Gasteiger partial charge in [-0.2, -0.15) is 20.9 Å². The smallest absolute Gasteiger partial charge is 0.216 e. The lowest BCUT2D eigenvalue weighted by Crippen LogP contribution is -2.42. The first-order chi connectivity index (χ1) is 15.9. The van der Waals surface area contributed by atoms with Crippen molar-refractivity contribution in [2.24, 2.45) is 22.4 Å². The first kappa shape index (κ1) is 23.6. The minimum Gasteiger partial charge on any atom is -0.398 e. The van der Waals surface area contributed by atoms with Gasteiger partial charge in [-0.1, -0.05) is 12.1 Å². The number of piperidine rings is 1. The normalized spacial score (nSPS) is 15.9. The molecular formula is C24H30N9+. The van der Waals surface area contributed by atoms with Crippen molar-refractivity contribution in [3.05, 3.63) is 47.3 Å². The molecule has 9 heteroatoms. The summed E-state index contributed by atoms with van der Waals surface area (Å²) in [6.45, 7) is 3.34. The second-order valence-corrected chi connectivity index (χ2v) is 8.04. The molecule has 3 rings (SSSR count). The van der Waals surface area contributed by atoms with Gasteiger partial charge >= 0.3 is 0 Å². The van der Waals surface area contributed by atoms with E-state index in [0.29, 0.717) is 22.7 Å². The first-order valence-corrected chi connectivity index (χ1v) is 10.8. The van der Waals surface area contributed by atoms with Gasteiger partial charge < -0.3 is 16.4 Å². The van der Waals surface area contributed by atoms with E-state index in [1.807, 2.05) is 25.1 Å². The van der Waals surface area contributed by atoms with Crippen molar-refractivity contribution >= 4 is 29.8 Å². The van der Waals surface area contributed by atoms with E-state index in [4.69, 9.17) is 16.9 Å². The number of benzene rings is 1. The van der Waals surface area contributed by atoms with Crippen LogP contribution in [0.2, 0.25) is 0 Å². The van der Waals surface area contributed by atoms with E-state index in [0.717, 1.165) is 48.4 Å². The maximum Gasteiger partial charge on any atom is 0.216 e. The number of nitrogens with zero attached hydrogens (tertiary/aromatic N) is 6. The van der Waals surface area contributed by atoms with Crippen molar-refractivity contribution in [1.29, 1.82) is 10.7 Å². The van der Waals surface area contributed by atoms with Crippen molar-refractivity contribution in [3.63, 3.8) is 0 Å². The highest BCUT2D eigenvalue weighted by atomic mass is 15.1. The zero-order chi connectivity index (χ0) is 24.0. The molecule has 2 aromatic rings. The van der Waals surface area contributed by atoms with Crippen LogP contribution in [0.3, 0.4) is 0 Å². The first-order valence-electron chi connectivity index (χ1n) is 10.8. The van der Waals surface area contributed by atoms with Crippen LogP contribution in [-0.4, -0.2) is 60.3 Å². The van der Waals surface area contributed by atoms with Gasteiger partial charge in [-0.25, -0.2) is 4.58 Å². The van der Waals surface area contributed by atoms with E-state index in [2.05, 4.69) is 26.2 Å². The number of hydrogen-bond acceptors (Lipinski definition) is 7. The van der Waals surface area contributed by atoms with E-state index < -0.39 is 0 Å². The van der Waals surface area contributed by atoms with Crippen molar-refractivity contribution in [2.45, 2.75) is 19.8 Å². The van der Waals surface area contributed by atoms with Gasteiger partial charge in [-0.3, -0.25) is 4.99 Å². The minimum absolute atomic E-state index is 0.181. The molecule has 0 unspecified atom stereocenters. The monoisotopic (exact) mass is 444 g/mol. The number of aromatic nitrogens is 2. The number of anilines is 1. The van der Waals surface area contributed by atoms with Crippen molar-refractivity contribution < 1.29 is 4.58 Å². The molecular weight excluding hydrogens is 414 g/mol. The van der Waals surface area contributed by atoms with Crippen LogP contribution in [0.4, 0.5) is 5.69 Å². The number of aryl methyl sites for hydroxylation is 1. The number of nitriles is 1. The van der Waals surface area contributed by atoms with Crippen LogP contribution in [0.15, 0.2) is 35.5 Å². The fourth-order valence-corrected chi connectivity index (χ4v) is 4.13. The van der Waals surface area contributed by atoms with E-state index in [9.17, 15) is 5.26 Å². The Morgan fingerprint density at radius 3 is 2.67 bits per heavy atom. The Morgan fingerprint density at radius 1 is 1.33 bits per heavy atom. The summed E-state index contributed by atoms with van der Waals surface area (Å²) in [5.74, 6) is 0.875. The van der Waals surface area contributed by atoms with Gasteiger partial charge in [-0.15, -0.1) is 0 Å². The molecule has 1 aliphatic heterocycles. The predicted octanol–water partition coefficient (Wildman–Crippen LogP) is 2.15. The molecule has 0 atom stereocenters. The standard InChI is InChI=1S/C24H29N9/c1-16-12-18(14-30-31-16)19-4-5-20(22(27)6-9-29-2)21(13-25)23(19)33-10-7-17(8-11-33)24(28)32(3)15-26/h4-6,9,12,14-15,17,26,28H,7-8,10-11H2,1-3H3,(H2,27,29)/p+1. The van der Waals surface area contributed by atoms with E-state index in [-0.39, 0.29) is 5.92 Å². The molecule has 0 amide bonds. The highest BCUT2D eigenvalue weighted by Crippen LogP contribution is 2.38. The molecule has 5 N–H and O–H groups in total. The fourth-order valence-electron chi connectivity index (χ4n) is 4.13. The lowest BCUT2D eigenvalue weighted by atomic mass is 9.91. The highest BCUT2D eigenvalue weighted by molar-refractivity contribution is 5.91. The molecule has 1 aliphatic rings. The van der Waals surface area contributed by atoms with Crippen LogP contribution in [0.1, 0.15) is 29.7 Å². The predicted molar refractivity (Wildman–Crippen MR) is 133 cm³/mol. The lowest BCUT2D eigenvalue weighted by molar-refractivity contribution is -0.366. The largest absolute Gasteiger partial charge is 0.398 e. The summed E-state index contributed by atoms with van der Waals surface area (Å²) in [6, 6.07) is 8.22. The Labute approximate surface area is 194 Å². The van der Waals surface area contributed by atoms with Gasteiger partial charge in [0.25, 0.3) is 0 Å². The molecule has 0 spiro atoms. The zero-order valence-corrected chi connectivity index (χ0v) is 19.3. The highest BCUT2D eigenvalue weighted by Gasteiger charge is 2.29. The third-order valence-electron chi connectivity index (χ3n) is 5.92. The summed E-state index contributed by atoms with van der Waals surface area (Å²) in [5.41, 5.74) is 17.7. The SMILES string of the molecule is CN=C/C=C(\N)c1ccc(-c2cnnc(C)c2)c(N2CCC(C(N)=[N+](C)C=N)CC2)c1C#N. The summed E-state index contributed by atoms with van der Waals surface area (Å²) >= 11 is 0.